The molecule has 5 nitrogen and oxygen atoms in total. The molecule has 2 amide bonds. The van der Waals surface area contributed by atoms with Gasteiger partial charge in [0.2, 0.25) is 0 Å². The van der Waals surface area contributed by atoms with Crippen molar-refractivity contribution in [3.05, 3.63) is 65.7 Å². The number of carbonyl (C=O) groups excluding carboxylic acids is 2. The van der Waals surface area contributed by atoms with Crippen molar-refractivity contribution in [3.8, 4) is 0 Å². The zero-order valence-corrected chi connectivity index (χ0v) is 15.3. The largest absolute Gasteiger partial charge is 0.348 e. The van der Waals surface area contributed by atoms with Crippen LogP contribution in [-0.2, 0) is 9.59 Å². The van der Waals surface area contributed by atoms with Crippen LogP contribution < -0.4 is 15.5 Å². The van der Waals surface area contributed by atoms with Gasteiger partial charge >= 0.3 is 0 Å². The van der Waals surface area contributed by atoms with Gasteiger partial charge in [-0.2, -0.15) is 0 Å². The molecule has 2 atom stereocenters. The number of nitrogens with one attached hydrogen (secondary N) is 3. The van der Waals surface area contributed by atoms with Crippen LogP contribution in [0.4, 0.5) is 5.69 Å². The molecule has 0 spiro atoms. The van der Waals surface area contributed by atoms with Gasteiger partial charge in [-0.15, -0.1) is 0 Å². The second-order valence-electron chi connectivity index (χ2n) is 7.06. The van der Waals surface area contributed by atoms with Gasteiger partial charge < -0.3 is 15.5 Å². The lowest BCUT2D eigenvalue weighted by Gasteiger charge is -2.24. The Bertz CT molecular complexity index is 755. The number of aryl methyl sites for hydroxylation is 1. The van der Waals surface area contributed by atoms with E-state index in [9.17, 15) is 9.59 Å². The van der Waals surface area contributed by atoms with Gasteiger partial charge in [0.25, 0.3) is 11.8 Å². The van der Waals surface area contributed by atoms with E-state index in [2.05, 4.69) is 10.6 Å². The third-order valence-electron chi connectivity index (χ3n) is 4.59. The summed E-state index contributed by atoms with van der Waals surface area (Å²) in [6, 6.07) is 17.2. The third-order valence-corrected chi connectivity index (χ3v) is 4.59. The summed E-state index contributed by atoms with van der Waals surface area (Å²) in [4.78, 5) is 26.0. The standard InChI is InChI=1S/C21H25N3O2/c1-15-8-10-18(11-9-15)23-21(26)20(16-6-4-3-5-7-16)24(2)14-19(25)22-17-12-13-17/h3-11,17,20H,12-14H2,1-2H3,(H,22,25)(H,23,26)/p+1/t20-/m0/s1. The van der Waals surface area contributed by atoms with Gasteiger partial charge in [-0.05, 0) is 31.9 Å². The molecule has 0 aromatic heterocycles. The van der Waals surface area contributed by atoms with Gasteiger partial charge in [0.05, 0.1) is 7.05 Å². The first-order valence-electron chi connectivity index (χ1n) is 9.07. The van der Waals surface area contributed by atoms with Crippen molar-refractivity contribution < 1.29 is 14.5 Å². The van der Waals surface area contributed by atoms with E-state index in [1.807, 2.05) is 68.6 Å². The molecule has 26 heavy (non-hydrogen) atoms. The summed E-state index contributed by atoms with van der Waals surface area (Å²) in [5.74, 6) is -0.120. The zero-order valence-electron chi connectivity index (χ0n) is 15.3. The van der Waals surface area contributed by atoms with Crippen molar-refractivity contribution in [3.63, 3.8) is 0 Å². The molecule has 3 N–H and O–H groups in total. The average Bonchev–Trinajstić information content (AvgIpc) is 3.42. The molecule has 0 radical (unpaired) electrons. The topological polar surface area (TPSA) is 62.6 Å². The molecule has 2 aromatic carbocycles. The van der Waals surface area contributed by atoms with Crippen LogP contribution in [0, 0.1) is 6.92 Å². The fraction of sp³-hybridized carbons (Fsp3) is 0.333. The van der Waals surface area contributed by atoms with Crippen LogP contribution in [0.15, 0.2) is 54.6 Å². The van der Waals surface area contributed by atoms with E-state index >= 15 is 0 Å². The van der Waals surface area contributed by atoms with Crippen LogP contribution in [0.25, 0.3) is 0 Å². The summed E-state index contributed by atoms with van der Waals surface area (Å²) < 4.78 is 0. The summed E-state index contributed by atoms with van der Waals surface area (Å²) in [6.45, 7) is 2.27. The highest BCUT2D eigenvalue weighted by molar-refractivity contribution is 5.94. The normalized spacial score (nSPS) is 15.8. The number of anilines is 1. The van der Waals surface area contributed by atoms with Crippen LogP contribution in [0.3, 0.4) is 0 Å². The quantitative estimate of drug-likeness (QED) is 0.707. The smallest absolute Gasteiger partial charge is 0.287 e. The SMILES string of the molecule is Cc1ccc(NC(=O)[C@H](c2ccccc2)[NH+](C)CC(=O)NC2CC2)cc1. The van der Waals surface area contributed by atoms with Gasteiger partial charge in [-0.3, -0.25) is 9.59 Å². The Morgan fingerprint density at radius 3 is 2.35 bits per heavy atom. The van der Waals surface area contributed by atoms with Crippen LogP contribution in [0.2, 0.25) is 0 Å². The molecule has 1 saturated carbocycles. The summed E-state index contributed by atoms with van der Waals surface area (Å²) in [5.41, 5.74) is 2.80. The molecule has 2 aromatic rings. The highest BCUT2D eigenvalue weighted by atomic mass is 16.2. The number of hydrogen-bond acceptors (Lipinski definition) is 2. The van der Waals surface area contributed by atoms with E-state index in [1.165, 1.54) is 0 Å². The number of likely N-dealkylation sites (N-methyl/N-ethyl adjacent to an activating group) is 1. The van der Waals surface area contributed by atoms with Crippen LogP contribution >= 0.6 is 0 Å². The van der Waals surface area contributed by atoms with Gasteiger partial charge in [-0.25, -0.2) is 0 Å². The molecule has 0 bridgehead atoms. The highest BCUT2D eigenvalue weighted by Gasteiger charge is 2.32. The molecule has 0 saturated heterocycles. The van der Waals surface area contributed by atoms with Crippen molar-refractivity contribution in [2.45, 2.75) is 31.8 Å². The van der Waals surface area contributed by atoms with Crippen molar-refractivity contribution in [1.82, 2.24) is 5.32 Å². The summed E-state index contributed by atoms with van der Waals surface area (Å²) in [6.07, 6.45) is 2.11. The van der Waals surface area contributed by atoms with Crippen molar-refractivity contribution >= 4 is 17.5 Å². The third kappa shape index (κ3) is 4.92. The Kier molecular flexibility index (Phi) is 5.68. The number of benzene rings is 2. The second-order valence-corrected chi connectivity index (χ2v) is 7.06. The average molecular weight is 352 g/mol. The number of hydrogen-bond donors (Lipinski definition) is 3. The van der Waals surface area contributed by atoms with Gasteiger partial charge in [0.1, 0.15) is 0 Å². The lowest BCUT2D eigenvalue weighted by atomic mass is 10.0. The van der Waals surface area contributed by atoms with Gasteiger partial charge in [0.15, 0.2) is 12.6 Å². The summed E-state index contributed by atoms with van der Waals surface area (Å²) in [5, 5.41) is 5.98. The van der Waals surface area contributed by atoms with E-state index in [0.717, 1.165) is 34.6 Å². The molecule has 1 aliphatic carbocycles. The molecule has 0 aliphatic heterocycles. The second kappa shape index (κ2) is 8.15. The maximum Gasteiger partial charge on any atom is 0.287 e. The van der Waals surface area contributed by atoms with E-state index < -0.39 is 6.04 Å². The Hall–Kier alpha value is -2.66. The summed E-state index contributed by atoms with van der Waals surface area (Å²) in [7, 11) is 1.89. The Balaban J connectivity index is 1.74. The zero-order chi connectivity index (χ0) is 18.5. The number of rotatable bonds is 7. The maximum atomic E-state index is 13.0. The monoisotopic (exact) mass is 352 g/mol. The van der Waals surface area contributed by atoms with Crippen LogP contribution in [0.5, 0.6) is 0 Å². The van der Waals surface area contributed by atoms with Crippen molar-refractivity contribution in [2.24, 2.45) is 0 Å². The molecule has 1 aliphatic rings. The van der Waals surface area contributed by atoms with E-state index in [0.29, 0.717) is 6.04 Å². The fourth-order valence-electron chi connectivity index (χ4n) is 3.02. The molecule has 3 rings (SSSR count). The molecule has 5 heteroatoms. The number of quaternary nitrogens is 1. The molecular formula is C21H26N3O2+. The molecule has 1 fully saturated rings. The first-order chi connectivity index (χ1) is 12.5. The van der Waals surface area contributed by atoms with Crippen molar-refractivity contribution in [1.29, 1.82) is 0 Å². The van der Waals surface area contributed by atoms with E-state index in [4.69, 9.17) is 0 Å². The Morgan fingerprint density at radius 2 is 1.73 bits per heavy atom. The minimum atomic E-state index is -0.456. The number of carbonyl (C=O) groups is 2. The Labute approximate surface area is 154 Å². The fourth-order valence-corrected chi connectivity index (χ4v) is 3.02. The predicted octanol–water partition coefficient (Wildman–Crippen LogP) is 1.47. The lowest BCUT2D eigenvalue weighted by Crippen LogP contribution is -3.11. The minimum Gasteiger partial charge on any atom is -0.348 e. The predicted molar refractivity (Wildman–Crippen MR) is 102 cm³/mol. The Morgan fingerprint density at radius 1 is 1.08 bits per heavy atom. The first kappa shape index (κ1) is 18.1. The maximum absolute atomic E-state index is 13.0. The van der Waals surface area contributed by atoms with Crippen molar-refractivity contribution in [2.75, 3.05) is 18.9 Å². The molecule has 0 heterocycles. The van der Waals surface area contributed by atoms with E-state index in [1.54, 1.807) is 0 Å². The van der Waals surface area contributed by atoms with Crippen LogP contribution in [-0.4, -0.2) is 31.4 Å². The lowest BCUT2D eigenvalue weighted by molar-refractivity contribution is -0.894. The summed E-state index contributed by atoms with van der Waals surface area (Å²) >= 11 is 0. The van der Waals surface area contributed by atoms with Gasteiger partial charge in [0, 0.05) is 17.3 Å². The molecule has 136 valence electrons. The number of amides is 2. The first-order valence-corrected chi connectivity index (χ1v) is 9.07. The molecular weight excluding hydrogens is 326 g/mol. The van der Waals surface area contributed by atoms with E-state index in [-0.39, 0.29) is 18.4 Å². The highest BCUT2D eigenvalue weighted by Crippen LogP contribution is 2.18. The minimum absolute atomic E-state index is 0.00549. The molecule has 1 unspecified atom stereocenters. The van der Waals surface area contributed by atoms with Gasteiger partial charge in [-0.1, -0.05) is 48.0 Å². The van der Waals surface area contributed by atoms with Crippen LogP contribution in [0.1, 0.15) is 30.0 Å².